The van der Waals surface area contributed by atoms with Crippen LogP contribution in [0.15, 0.2) is 24.3 Å². The van der Waals surface area contributed by atoms with E-state index in [1.54, 1.807) is 0 Å². The lowest BCUT2D eigenvalue weighted by Crippen LogP contribution is -2.27. The molecular weight excluding hydrogens is 210 g/mol. The predicted molar refractivity (Wildman–Crippen MR) is 69.4 cm³/mol. The first-order chi connectivity index (χ1) is 8.38. The molecule has 1 atom stereocenters. The Balaban J connectivity index is 1.80. The first kappa shape index (κ1) is 10.8. The molecule has 2 nitrogen and oxygen atoms in total. The largest absolute Gasteiger partial charge is 0.370 e. The molecule has 0 saturated heterocycles. The van der Waals surface area contributed by atoms with Gasteiger partial charge in [-0.1, -0.05) is 31.0 Å². The molecule has 2 heteroatoms. The summed E-state index contributed by atoms with van der Waals surface area (Å²) in [6, 6.07) is 8.37. The summed E-state index contributed by atoms with van der Waals surface area (Å²) in [7, 11) is 0. The van der Waals surface area contributed by atoms with Crippen molar-refractivity contribution in [1.29, 1.82) is 0 Å². The SMILES string of the molecule is O=CC1CN(CC2CCCC2)c2ccccc21. The predicted octanol–water partition coefficient (Wildman–Crippen LogP) is 2.98. The average Bonchev–Trinajstić information content (AvgIpc) is 2.98. The Morgan fingerprint density at radius 2 is 2.00 bits per heavy atom. The average molecular weight is 229 g/mol. The molecule has 0 radical (unpaired) electrons. The van der Waals surface area contributed by atoms with Gasteiger partial charge in [0.15, 0.2) is 0 Å². The van der Waals surface area contributed by atoms with Gasteiger partial charge in [0.1, 0.15) is 6.29 Å². The second kappa shape index (κ2) is 4.52. The van der Waals surface area contributed by atoms with Gasteiger partial charge in [0.25, 0.3) is 0 Å². The molecule has 1 fully saturated rings. The van der Waals surface area contributed by atoms with Crippen molar-refractivity contribution < 1.29 is 4.79 Å². The van der Waals surface area contributed by atoms with Crippen molar-refractivity contribution in [3.05, 3.63) is 29.8 Å². The highest BCUT2D eigenvalue weighted by Crippen LogP contribution is 2.37. The van der Waals surface area contributed by atoms with Crippen molar-refractivity contribution in [1.82, 2.24) is 0 Å². The lowest BCUT2D eigenvalue weighted by atomic mass is 10.0. The Hall–Kier alpha value is -1.31. The number of rotatable bonds is 3. The molecule has 3 rings (SSSR count). The minimum absolute atomic E-state index is 0.0904. The Bertz CT molecular complexity index is 409. The summed E-state index contributed by atoms with van der Waals surface area (Å²) in [5, 5.41) is 0. The van der Waals surface area contributed by atoms with Gasteiger partial charge in [-0.15, -0.1) is 0 Å². The fourth-order valence-electron chi connectivity index (χ4n) is 3.32. The van der Waals surface area contributed by atoms with Crippen molar-refractivity contribution >= 4 is 12.0 Å². The Morgan fingerprint density at radius 3 is 2.76 bits per heavy atom. The third-order valence-electron chi connectivity index (χ3n) is 4.21. The van der Waals surface area contributed by atoms with Gasteiger partial charge < -0.3 is 9.69 Å². The number of anilines is 1. The van der Waals surface area contributed by atoms with Gasteiger partial charge in [-0.3, -0.25) is 0 Å². The zero-order chi connectivity index (χ0) is 11.7. The molecule has 0 bridgehead atoms. The molecule has 0 amide bonds. The van der Waals surface area contributed by atoms with Gasteiger partial charge in [0.05, 0.1) is 5.92 Å². The molecular formula is C15H19NO. The summed E-state index contributed by atoms with van der Waals surface area (Å²) in [5.41, 5.74) is 2.51. The second-order valence-electron chi connectivity index (χ2n) is 5.36. The van der Waals surface area contributed by atoms with Crippen LogP contribution in [0.2, 0.25) is 0 Å². The number of carbonyl (C=O) groups is 1. The summed E-state index contributed by atoms with van der Waals surface area (Å²) < 4.78 is 0. The van der Waals surface area contributed by atoms with Crippen molar-refractivity contribution in [3.63, 3.8) is 0 Å². The van der Waals surface area contributed by atoms with Gasteiger partial charge in [-0.05, 0) is 30.4 Å². The lowest BCUT2D eigenvalue weighted by molar-refractivity contribution is -0.108. The topological polar surface area (TPSA) is 20.3 Å². The fourth-order valence-corrected chi connectivity index (χ4v) is 3.32. The van der Waals surface area contributed by atoms with Gasteiger partial charge in [0.2, 0.25) is 0 Å². The van der Waals surface area contributed by atoms with Crippen LogP contribution in [0.4, 0.5) is 5.69 Å². The molecule has 0 aromatic heterocycles. The summed E-state index contributed by atoms with van der Waals surface area (Å²) in [4.78, 5) is 13.5. The molecule has 1 aromatic rings. The van der Waals surface area contributed by atoms with Gasteiger partial charge in [-0.2, -0.15) is 0 Å². The second-order valence-corrected chi connectivity index (χ2v) is 5.36. The number of fused-ring (bicyclic) bond motifs is 1. The summed E-state index contributed by atoms with van der Waals surface area (Å²) in [6.07, 6.45) is 6.61. The molecule has 2 aliphatic rings. The minimum Gasteiger partial charge on any atom is -0.370 e. The lowest BCUT2D eigenvalue weighted by Gasteiger charge is -2.23. The monoisotopic (exact) mass is 229 g/mol. The van der Waals surface area contributed by atoms with Crippen molar-refractivity contribution in [2.45, 2.75) is 31.6 Å². The fraction of sp³-hybridized carbons (Fsp3) is 0.533. The van der Waals surface area contributed by atoms with Crippen LogP contribution in [0.3, 0.4) is 0 Å². The van der Waals surface area contributed by atoms with E-state index in [1.807, 2.05) is 6.07 Å². The van der Waals surface area contributed by atoms with E-state index in [0.717, 1.165) is 25.3 Å². The zero-order valence-corrected chi connectivity index (χ0v) is 10.1. The van der Waals surface area contributed by atoms with Crippen LogP contribution in [0.1, 0.15) is 37.2 Å². The number of hydrogen-bond donors (Lipinski definition) is 0. The van der Waals surface area contributed by atoms with Crippen LogP contribution in [-0.2, 0) is 4.79 Å². The summed E-state index contributed by atoms with van der Waals surface area (Å²) in [5.74, 6) is 0.932. The maximum Gasteiger partial charge on any atom is 0.129 e. The van der Waals surface area contributed by atoms with Gasteiger partial charge in [-0.25, -0.2) is 0 Å². The van der Waals surface area contributed by atoms with E-state index < -0.39 is 0 Å². The molecule has 0 N–H and O–H groups in total. The normalized spacial score (nSPS) is 24.0. The van der Waals surface area contributed by atoms with E-state index in [4.69, 9.17) is 0 Å². The van der Waals surface area contributed by atoms with Crippen LogP contribution in [0.25, 0.3) is 0 Å². The first-order valence-electron chi connectivity index (χ1n) is 6.67. The Morgan fingerprint density at radius 1 is 1.24 bits per heavy atom. The highest BCUT2D eigenvalue weighted by atomic mass is 16.1. The first-order valence-corrected chi connectivity index (χ1v) is 6.67. The quantitative estimate of drug-likeness (QED) is 0.743. The number of para-hydroxylation sites is 1. The number of carbonyl (C=O) groups excluding carboxylic acids is 1. The van der Waals surface area contributed by atoms with Crippen LogP contribution in [-0.4, -0.2) is 19.4 Å². The van der Waals surface area contributed by atoms with E-state index in [0.29, 0.717) is 0 Å². The van der Waals surface area contributed by atoms with Crippen molar-refractivity contribution in [2.75, 3.05) is 18.0 Å². The zero-order valence-electron chi connectivity index (χ0n) is 10.1. The minimum atomic E-state index is 0.0904. The van der Waals surface area contributed by atoms with Crippen LogP contribution in [0.5, 0.6) is 0 Å². The third-order valence-corrected chi connectivity index (χ3v) is 4.21. The summed E-state index contributed by atoms with van der Waals surface area (Å²) in [6.45, 7) is 2.03. The molecule has 90 valence electrons. The number of benzene rings is 1. The number of nitrogens with zero attached hydrogens (tertiary/aromatic N) is 1. The van der Waals surface area contributed by atoms with E-state index in [9.17, 15) is 4.79 Å². The van der Waals surface area contributed by atoms with Gasteiger partial charge in [0, 0.05) is 18.8 Å². The van der Waals surface area contributed by atoms with E-state index in [2.05, 4.69) is 23.1 Å². The molecule has 17 heavy (non-hydrogen) atoms. The molecule has 1 saturated carbocycles. The molecule has 1 aromatic carbocycles. The number of hydrogen-bond acceptors (Lipinski definition) is 2. The van der Waals surface area contributed by atoms with Crippen LogP contribution in [0, 0.1) is 5.92 Å². The Kier molecular flexibility index (Phi) is 2.87. The molecule has 1 unspecified atom stereocenters. The van der Waals surface area contributed by atoms with Crippen LogP contribution >= 0.6 is 0 Å². The van der Waals surface area contributed by atoms with Crippen molar-refractivity contribution in [2.24, 2.45) is 5.92 Å². The maximum atomic E-state index is 11.1. The third kappa shape index (κ3) is 1.97. The van der Waals surface area contributed by atoms with E-state index >= 15 is 0 Å². The van der Waals surface area contributed by atoms with Crippen LogP contribution < -0.4 is 4.90 Å². The molecule has 0 spiro atoms. The van der Waals surface area contributed by atoms with Crippen molar-refractivity contribution in [3.8, 4) is 0 Å². The highest BCUT2D eigenvalue weighted by molar-refractivity contribution is 5.74. The standard InChI is InChI=1S/C15H19NO/c17-11-13-10-16(9-12-5-1-2-6-12)15-8-4-3-7-14(13)15/h3-4,7-8,11-13H,1-2,5-6,9-10H2. The summed E-state index contributed by atoms with van der Waals surface area (Å²) >= 11 is 0. The molecule has 1 aliphatic heterocycles. The van der Waals surface area contributed by atoms with E-state index in [1.165, 1.54) is 36.9 Å². The van der Waals surface area contributed by atoms with E-state index in [-0.39, 0.29) is 5.92 Å². The Labute approximate surface area is 103 Å². The van der Waals surface area contributed by atoms with Gasteiger partial charge >= 0.3 is 0 Å². The molecule has 1 heterocycles. The molecule has 1 aliphatic carbocycles. The number of aldehydes is 1. The highest BCUT2D eigenvalue weighted by Gasteiger charge is 2.29. The maximum absolute atomic E-state index is 11.1. The smallest absolute Gasteiger partial charge is 0.129 e.